The molecule has 0 unspecified atom stereocenters. The third-order valence-corrected chi connectivity index (χ3v) is 4.50. The Kier molecular flexibility index (Phi) is 3.26. The van der Waals surface area contributed by atoms with E-state index in [1.54, 1.807) is 0 Å². The molecule has 3 nitrogen and oxygen atoms in total. The van der Waals surface area contributed by atoms with E-state index in [4.69, 9.17) is 0 Å². The van der Waals surface area contributed by atoms with Gasteiger partial charge in [0.15, 0.2) is 0 Å². The van der Waals surface area contributed by atoms with Gasteiger partial charge in [0.1, 0.15) is 0 Å². The van der Waals surface area contributed by atoms with Gasteiger partial charge in [-0.2, -0.15) is 0 Å². The van der Waals surface area contributed by atoms with Gasteiger partial charge in [-0.15, -0.1) is 0 Å². The Morgan fingerprint density at radius 3 is 2.23 bits per heavy atom. The van der Waals surface area contributed by atoms with Crippen LogP contribution < -0.4 is 5.01 Å². The van der Waals surface area contributed by atoms with Crippen molar-refractivity contribution in [2.45, 2.75) is 19.3 Å². The number of benzene rings is 2. The van der Waals surface area contributed by atoms with Gasteiger partial charge in [-0.1, -0.05) is 48.5 Å². The minimum atomic E-state index is 0.356. The molecule has 3 heteroatoms. The molecule has 3 aromatic rings. The lowest BCUT2D eigenvalue weighted by atomic mass is 10.0. The molecule has 1 aliphatic heterocycles. The highest BCUT2D eigenvalue weighted by molar-refractivity contribution is 5.99. The van der Waals surface area contributed by atoms with E-state index >= 15 is 0 Å². The van der Waals surface area contributed by atoms with E-state index in [9.17, 15) is 5.11 Å². The first kappa shape index (κ1) is 13.3. The van der Waals surface area contributed by atoms with E-state index in [0.29, 0.717) is 5.88 Å². The minimum Gasteiger partial charge on any atom is -0.493 e. The van der Waals surface area contributed by atoms with Crippen molar-refractivity contribution < 1.29 is 5.11 Å². The maximum atomic E-state index is 10.9. The van der Waals surface area contributed by atoms with E-state index in [0.717, 1.165) is 35.1 Å². The van der Waals surface area contributed by atoms with Crippen molar-refractivity contribution in [3.8, 4) is 17.0 Å². The SMILES string of the molecule is Oc1c(-c2ccccc2)c2ccccc2n1N1CCCCC1. The van der Waals surface area contributed by atoms with Gasteiger partial charge in [0.2, 0.25) is 5.88 Å². The monoisotopic (exact) mass is 292 g/mol. The van der Waals surface area contributed by atoms with Crippen LogP contribution in [0.2, 0.25) is 0 Å². The number of nitrogens with zero attached hydrogens (tertiary/aromatic N) is 2. The molecule has 0 aliphatic carbocycles. The molecule has 2 aromatic carbocycles. The van der Waals surface area contributed by atoms with E-state index in [2.05, 4.69) is 29.3 Å². The summed E-state index contributed by atoms with van der Waals surface area (Å²) >= 11 is 0. The number of fused-ring (bicyclic) bond motifs is 1. The normalized spacial score (nSPS) is 15.4. The fourth-order valence-corrected chi connectivity index (χ4v) is 3.46. The van der Waals surface area contributed by atoms with Crippen LogP contribution in [0.1, 0.15) is 19.3 Å². The molecule has 1 N–H and O–H groups in total. The summed E-state index contributed by atoms with van der Waals surface area (Å²) in [5, 5.41) is 14.3. The van der Waals surface area contributed by atoms with Crippen LogP contribution in [0.15, 0.2) is 54.6 Å². The van der Waals surface area contributed by atoms with Crippen LogP contribution in [0.25, 0.3) is 22.0 Å². The van der Waals surface area contributed by atoms with E-state index in [-0.39, 0.29) is 0 Å². The molecule has 0 amide bonds. The lowest BCUT2D eigenvalue weighted by molar-refractivity contribution is 0.393. The van der Waals surface area contributed by atoms with E-state index in [1.807, 2.05) is 35.0 Å². The summed E-state index contributed by atoms with van der Waals surface area (Å²) in [5.74, 6) is 0.356. The highest BCUT2D eigenvalue weighted by Crippen LogP contribution is 2.39. The van der Waals surface area contributed by atoms with Crippen molar-refractivity contribution in [3.05, 3.63) is 54.6 Å². The standard InChI is InChI=1S/C19H20N2O/c22-19-18(15-9-3-1-4-10-15)16-11-5-6-12-17(16)21(19)20-13-7-2-8-14-20/h1,3-6,9-12,22H,2,7-8,13-14H2. The molecule has 1 aromatic heterocycles. The van der Waals surface area contributed by atoms with Crippen LogP contribution in [-0.2, 0) is 0 Å². The predicted molar refractivity (Wildman–Crippen MR) is 90.8 cm³/mol. The number of rotatable bonds is 2. The molecule has 0 saturated carbocycles. The summed E-state index contributed by atoms with van der Waals surface area (Å²) in [6.07, 6.45) is 3.65. The topological polar surface area (TPSA) is 28.4 Å². The van der Waals surface area contributed by atoms with Gasteiger partial charge in [0.05, 0.1) is 11.1 Å². The summed E-state index contributed by atoms with van der Waals surface area (Å²) in [7, 11) is 0. The Hall–Kier alpha value is -2.42. The third-order valence-electron chi connectivity index (χ3n) is 4.50. The van der Waals surface area contributed by atoms with Crippen molar-refractivity contribution in [2.75, 3.05) is 18.1 Å². The fraction of sp³-hybridized carbons (Fsp3) is 0.263. The molecule has 1 fully saturated rings. The summed E-state index contributed by atoms with van der Waals surface area (Å²) in [6.45, 7) is 2.00. The van der Waals surface area contributed by atoms with Crippen LogP contribution in [0, 0.1) is 0 Å². The number of aromatic hydroxyl groups is 1. The van der Waals surface area contributed by atoms with Gasteiger partial charge in [-0.3, -0.25) is 0 Å². The van der Waals surface area contributed by atoms with Gasteiger partial charge < -0.3 is 10.1 Å². The number of hydrogen-bond donors (Lipinski definition) is 1. The van der Waals surface area contributed by atoms with Crippen molar-refractivity contribution in [2.24, 2.45) is 0 Å². The van der Waals surface area contributed by atoms with Gasteiger partial charge in [0.25, 0.3) is 0 Å². The zero-order valence-electron chi connectivity index (χ0n) is 12.6. The first-order chi connectivity index (χ1) is 10.9. The molecule has 0 spiro atoms. The zero-order chi connectivity index (χ0) is 14.9. The molecule has 0 bridgehead atoms. The first-order valence-corrected chi connectivity index (χ1v) is 7.99. The maximum absolute atomic E-state index is 10.9. The van der Waals surface area contributed by atoms with Gasteiger partial charge in [-0.05, 0) is 30.9 Å². The quantitative estimate of drug-likeness (QED) is 0.769. The highest BCUT2D eigenvalue weighted by atomic mass is 16.3. The zero-order valence-corrected chi connectivity index (χ0v) is 12.6. The number of aromatic nitrogens is 1. The summed E-state index contributed by atoms with van der Waals surface area (Å²) in [5.41, 5.74) is 3.08. The van der Waals surface area contributed by atoms with Crippen LogP contribution in [-0.4, -0.2) is 22.9 Å². The largest absolute Gasteiger partial charge is 0.493 e. The second kappa shape index (κ2) is 5.41. The van der Waals surface area contributed by atoms with Crippen LogP contribution in [0.5, 0.6) is 5.88 Å². The van der Waals surface area contributed by atoms with Crippen molar-refractivity contribution in [3.63, 3.8) is 0 Å². The lowest BCUT2D eigenvalue weighted by Gasteiger charge is -2.30. The Bertz CT molecular complexity index is 786. The van der Waals surface area contributed by atoms with Crippen molar-refractivity contribution in [1.82, 2.24) is 4.68 Å². The van der Waals surface area contributed by atoms with Crippen LogP contribution in [0.3, 0.4) is 0 Å². The average Bonchev–Trinajstić information content (AvgIpc) is 2.88. The fourth-order valence-electron chi connectivity index (χ4n) is 3.46. The average molecular weight is 292 g/mol. The summed E-state index contributed by atoms with van der Waals surface area (Å²) in [4.78, 5) is 0. The summed E-state index contributed by atoms with van der Waals surface area (Å²) < 4.78 is 2.01. The number of para-hydroxylation sites is 1. The van der Waals surface area contributed by atoms with Crippen LogP contribution in [0.4, 0.5) is 0 Å². The number of hydrogen-bond acceptors (Lipinski definition) is 2. The molecule has 0 radical (unpaired) electrons. The second-order valence-corrected chi connectivity index (χ2v) is 5.91. The Morgan fingerprint density at radius 2 is 1.45 bits per heavy atom. The molecule has 1 saturated heterocycles. The molecule has 0 atom stereocenters. The van der Waals surface area contributed by atoms with E-state index in [1.165, 1.54) is 19.3 Å². The smallest absolute Gasteiger partial charge is 0.219 e. The second-order valence-electron chi connectivity index (χ2n) is 5.91. The van der Waals surface area contributed by atoms with E-state index < -0.39 is 0 Å². The molecular weight excluding hydrogens is 272 g/mol. The summed E-state index contributed by atoms with van der Waals surface area (Å²) in [6, 6.07) is 18.4. The molecule has 1 aliphatic rings. The molecule has 4 rings (SSSR count). The first-order valence-electron chi connectivity index (χ1n) is 7.99. The van der Waals surface area contributed by atoms with Gasteiger partial charge in [0, 0.05) is 18.5 Å². The van der Waals surface area contributed by atoms with Gasteiger partial charge in [-0.25, -0.2) is 4.68 Å². The highest BCUT2D eigenvalue weighted by Gasteiger charge is 2.22. The molecule has 22 heavy (non-hydrogen) atoms. The molecule has 2 heterocycles. The van der Waals surface area contributed by atoms with Gasteiger partial charge >= 0.3 is 0 Å². The van der Waals surface area contributed by atoms with Crippen LogP contribution >= 0.6 is 0 Å². The molecule has 112 valence electrons. The molecular formula is C19H20N2O. The number of piperidine rings is 1. The maximum Gasteiger partial charge on any atom is 0.219 e. The lowest BCUT2D eigenvalue weighted by Crippen LogP contribution is -2.38. The Balaban J connectivity index is 1.96. The minimum absolute atomic E-state index is 0.356. The Labute approximate surface area is 130 Å². The predicted octanol–water partition coefficient (Wildman–Crippen LogP) is 4.14. The third kappa shape index (κ3) is 2.05. The van der Waals surface area contributed by atoms with Crippen molar-refractivity contribution in [1.29, 1.82) is 0 Å². The van der Waals surface area contributed by atoms with Crippen molar-refractivity contribution >= 4 is 10.9 Å². The Morgan fingerprint density at radius 1 is 0.773 bits per heavy atom.